The average Bonchev–Trinajstić information content (AvgIpc) is 2.65. The summed E-state index contributed by atoms with van der Waals surface area (Å²) in [5.41, 5.74) is 1.06. The summed E-state index contributed by atoms with van der Waals surface area (Å²) in [5, 5.41) is 13.2. The molecule has 2 atom stereocenters. The van der Waals surface area contributed by atoms with Gasteiger partial charge in [0, 0.05) is 0 Å². The van der Waals surface area contributed by atoms with E-state index in [0.717, 1.165) is 11.1 Å². The van der Waals surface area contributed by atoms with E-state index in [0.29, 0.717) is 0 Å². The molecule has 0 saturated heterocycles. The molecule has 0 bridgehead atoms. The molecule has 30 heavy (non-hydrogen) atoms. The van der Waals surface area contributed by atoms with Crippen molar-refractivity contribution < 1.29 is 27.2 Å². The molecule has 0 unspecified atom stereocenters. The van der Waals surface area contributed by atoms with Crippen molar-refractivity contribution in [2.45, 2.75) is 56.8 Å². The number of ether oxygens (including phenoxy) is 1. The molecule has 2 aromatic carbocycles. The Bertz CT molecular complexity index is 920. The van der Waals surface area contributed by atoms with Crippen LogP contribution in [0, 0.1) is 6.92 Å². The molecule has 0 aliphatic carbocycles. The van der Waals surface area contributed by atoms with E-state index in [-0.39, 0.29) is 11.3 Å². The minimum Gasteiger partial charge on any atom is -0.444 e. The molecular weight excluding hydrogens is 406 g/mol. The average molecular weight is 436 g/mol. The number of aryl methyl sites for hydroxylation is 1. The summed E-state index contributed by atoms with van der Waals surface area (Å²) >= 11 is 0. The third-order valence-electron chi connectivity index (χ3n) is 4.17. The number of carbonyl (C=O) groups excluding carboxylic acids is 1. The first-order valence-electron chi connectivity index (χ1n) is 9.64. The minimum atomic E-state index is -4.04. The summed E-state index contributed by atoms with van der Waals surface area (Å²) < 4.78 is 35.1. The lowest BCUT2D eigenvalue weighted by molar-refractivity contribution is 0.0355. The predicted octanol–water partition coefficient (Wildman–Crippen LogP) is 3.20. The Kier molecular flexibility index (Phi) is 8.00. The molecule has 0 spiro atoms. The normalized spacial score (nSPS) is 14.0. The summed E-state index contributed by atoms with van der Waals surface area (Å²) in [4.78, 5) is 12.2. The highest BCUT2D eigenvalue weighted by Gasteiger charge is 2.27. The number of aliphatic hydroxyl groups is 1. The third-order valence-corrected chi connectivity index (χ3v) is 5.46. The van der Waals surface area contributed by atoms with Gasteiger partial charge in [-0.1, -0.05) is 48.0 Å². The Labute approximate surface area is 178 Å². The van der Waals surface area contributed by atoms with Gasteiger partial charge in [0.05, 0.1) is 23.6 Å². The monoisotopic (exact) mass is 435 g/mol. The maximum Gasteiger partial charge on any atom is 0.407 e. The summed E-state index contributed by atoms with van der Waals surface area (Å²) in [5.74, 6) is 0. The zero-order chi connectivity index (χ0) is 22.4. The molecule has 0 aliphatic rings. The molecular formula is C22H29NO6S. The van der Waals surface area contributed by atoms with Gasteiger partial charge in [-0.25, -0.2) is 4.79 Å². The van der Waals surface area contributed by atoms with Crippen LogP contribution in [0.3, 0.4) is 0 Å². The molecule has 0 fully saturated rings. The van der Waals surface area contributed by atoms with Crippen molar-refractivity contribution in [2.75, 3.05) is 6.61 Å². The van der Waals surface area contributed by atoms with E-state index in [1.165, 1.54) is 12.1 Å². The van der Waals surface area contributed by atoms with Crippen LogP contribution in [-0.4, -0.2) is 44.0 Å². The number of benzene rings is 2. The zero-order valence-corrected chi connectivity index (χ0v) is 18.5. The van der Waals surface area contributed by atoms with E-state index in [1.54, 1.807) is 32.9 Å². The largest absolute Gasteiger partial charge is 0.444 e. The van der Waals surface area contributed by atoms with Gasteiger partial charge in [0.2, 0.25) is 0 Å². The van der Waals surface area contributed by atoms with Crippen LogP contribution < -0.4 is 5.32 Å². The third kappa shape index (κ3) is 7.78. The smallest absolute Gasteiger partial charge is 0.407 e. The Morgan fingerprint density at radius 3 is 2.23 bits per heavy atom. The lowest BCUT2D eigenvalue weighted by Gasteiger charge is -2.26. The highest BCUT2D eigenvalue weighted by molar-refractivity contribution is 7.86. The zero-order valence-electron chi connectivity index (χ0n) is 17.7. The number of hydrogen-bond acceptors (Lipinski definition) is 6. The molecule has 0 radical (unpaired) electrons. The van der Waals surface area contributed by atoms with Crippen LogP contribution in [0.1, 0.15) is 31.9 Å². The molecule has 0 aromatic heterocycles. The molecule has 2 N–H and O–H groups in total. The van der Waals surface area contributed by atoms with Crippen molar-refractivity contribution in [2.24, 2.45) is 0 Å². The fourth-order valence-corrected chi connectivity index (χ4v) is 3.58. The van der Waals surface area contributed by atoms with E-state index in [2.05, 4.69) is 5.32 Å². The van der Waals surface area contributed by atoms with Crippen molar-refractivity contribution in [3.63, 3.8) is 0 Å². The second-order valence-electron chi connectivity index (χ2n) is 8.06. The molecule has 2 aromatic rings. The second-order valence-corrected chi connectivity index (χ2v) is 9.68. The van der Waals surface area contributed by atoms with Crippen molar-refractivity contribution in [1.82, 2.24) is 5.32 Å². The number of nitrogens with one attached hydrogen (secondary N) is 1. The van der Waals surface area contributed by atoms with Crippen LogP contribution in [0.25, 0.3) is 0 Å². The second kappa shape index (κ2) is 10.1. The highest BCUT2D eigenvalue weighted by Crippen LogP contribution is 2.15. The van der Waals surface area contributed by atoms with Crippen LogP contribution in [0.5, 0.6) is 0 Å². The molecule has 8 heteroatoms. The van der Waals surface area contributed by atoms with Gasteiger partial charge in [-0.3, -0.25) is 4.18 Å². The Morgan fingerprint density at radius 1 is 1.07 bits per heavy atom. The van der Waals surface area contributed by atoms with Gasteiger partial charge in [0.1, 0.15) is 5.60 Å². The molecule has 0 aliphatic heterocycles. The number of amides is 1. The number of hydrogen-bond donors (Lipinski definition) is 2. The molecule has 0 saturated carbocycles. The molecule has 2 rings (SSSR count). The summed E-state index contributed by atoms with van der Waals surface area (Å²) in [6.07, 6.45) is -1.71. The SMILES string of the molecule is Cc1ccc(S(=O)(=O)OC[C@H](O)[C@H](Cc2ccccc2)NC(=O)OC(C)(C)C)cc1. The number of alkyl carbamates (subject to hydrolysis) is 1. The first-order valence-corrected chi connectivity index (χ1v) is 11.0. The molecule has 1 amide bonds. The van der Waals surface area contributed by atoms with E-state index in [9.17, 15) is 18.3 Å². The lowest BCUT2D eigenvalue weighted by Crippen LogP contribution is -2.48. The predicted molar refractivity (Wildman–Crippen MR) is 114 cm³/mol. The summed E-state index contributed by atoms with van der Waals surface area (Å²) in [7, 11) is -4.04. The first-order chi connectivity index (χ1) is 14.0. The minimum absolute atomic E-state index is 0.0000100. The van der Waals surface area contributed by atoms with Gasteiger partial charge in [-0.2, -0.15) is 8.42 Å². The van der Waals surface area contributed by atoms with E-state index < -0.39 is 40.6 Å². The van der Waals surface area contributed by atoms with Crippen molar-refractivity contribution in [1.29, 1.82) is 0 Å². The van der Waals surface area contributed by atoms with Gasteiger partial charge in [0.25, 0.3) is 10.1 Å². The van der Waals surface area contributed by atoms with Gasteiger partial charge >= 0.3 is 6.09 Å². The number of aliphatic hydroxyl groups excluding tert-OH is 1. The maximum atomic E-state index is 12.4. The Balaban J connectivity index is 2.09. The summed E-state index contributed by atoms with van der Waals surface area (Å²) in [6, 6.07) is 14.6. The van der Waals surface area contributed by atoms with Gasteiger partial charge < -0.3 is 15.2 Å². The van der Waals surface area contributed by atoms with Crippen LogP contribution in [0.4, 0.5) is 4.79 Å². The van der Waals surface area contributed by atoms with E-state index in [4.69, 9.17) is 8.92 Å². The van der Waals surface area contributed by atoms with Gasteiger partial charge in [-0.15, -0.1) is 0 Å². The van der Waals surface area contributed by atoms with E-state index in [1.807, 2.05) is 37.3 Å². The fourth-order valence-electron chi connectivity index (χ4n) is 2.66. The molecule has 7 nitrogen and oxygen atoms in total. The number of rotatable bonds is 8. The van der Waals surface area contributed by atoms with Crippen molar-refractivity contribution in [3.05, 3.63) is 65.7 Å². The molecule has 164 valence electrons. The van der Waals surface area contributed by atoms with Crippen LogP contribution in [0.2, 0.25) is 0 Å². The van der Waals surface area contributed by atoms with Crippen molar-refractivity contribution >= 4 is 16.2 Å². The Hall–Kier alpha value is -2.42. The quantitative estimate of drug-likeness (QED) is 0.618. The fraction of sp³-hybridized carbons (Fsp3) is 0.409. The van der Waals surface area contributed by atoms with Crippen LogP contribution in [-0.2, 0) is 25.5 Å². The van der Waals surface area contributed by atoms with Crippen LogP contribution >= 0.6 is 0 Å². The van der Waals surface area contributed by atoms with Gasteiger partial charge in [-0.05, 0) is 51.8 Å². The topological polar surface area (TPSA) is 102 Å². The molecule has 0 heterocycles. The lowest BCUT2D eigenvalue weighted by atomic mass is 10.0. The van der Waals surface area contributed by atoms with Crippen molar-refractivity contribution in [3.8, 4) is 0 Å². The van der Waals surface area contributed by atoms with E-state index >= 15 is 0 Å². The Morgan fingerprint density at radius 2 is 1.67 bits per heavy atom. The standard InChI is InChI=1S/C22H29NO6S/c1-16-10-12-18(13-11-16)30(26,27)28-15-20(24)19(14-17-8-6-5-7-9-17)23-21(25)29-22(2,3)4/h5-13,19-20,24H,14-15H2,1-4H3,(H,23,25)/t19-,20-/m0/s1. The summed E-state index contributed by atoms with van der Waals surface area (Å²) in [6.45, 7) is 6.52. The van der Waals surface area contributed by atoms with Crippen LogP contribution in [0.15, 0.2) is 59.5 Å². The van der Waals surface area contributed by atoms with Gasteiger partial charge in [0.15, 0.2) is 0 Å². The highest BCUT2D eigenvalue weighted by atomic mass is 32.2. The number of carbonyl (C=O) groups is 1. The first kappa shape index (κ1) is 23.9. The maximum absolute atomic E-state index is 12.4.